The lowest BCUT2D eigenvalue weighted by molar-refractivity contribution is -0.113. The van der Waals surface area contributed by atoms with E-state index in [1.54, 1.807) is 4.68 Å². The van der Waals surface area contributed by atoms with Crippen molar-refractivity contribution in [3.05, 3.63) is 47.0 Å². The molecule has 2 aromatic rings. The Morgan fingerprint density at radius 3 is 2.74 bits per heavy atom. The Hall–Kier alpha value is -2.31. The van der Waals surface area contributed by atoms with E-state index in [4.69, 9.17) is 0 Å². The summed E-state index contributed by atoms with van der Waals surface area (Å²) >= 11 is 0. The van der Waals surface area contributed by atoms with Gasteiger partial charge in [-0.15, -0.1) is 5.10 Å². The summed E-state index contributed by atoms with van der Waals surface area (Å²) in [5, 5.41) is 4.31. The number of hydrogen-bond acceptors (Lipinski definition) is 3. The molecule has 120 valence electrons. The van der Waals surface area contributed by atoms with Crippen LogP contribution in [0.1, 0.15) is 40.0 Å². The first-order valence-electron chi connectivity index (χ1n) is 7.63. The second-order valence-electron chi connectivity index (χ2n) is 6.22. The Morgan fingerprint density at radius 1 is 1.30 bits per heavy atom. The van der Waals surface area contributed by atoms with E-state index in [1.807, 2.05) is 31.2 Å². The van der Waals surface area contributed by atoms with E-state index in [1.165, 1.54) is 0 Å². The van der Waals surface area contributed by atoms with Crippen molar-refractivity contribution in [3.63, 3.8) is 0 Å². The molecule has 0 unspecified atom stereocenters. The Morgan fingerprint density at radius 2 is 2.04 bits per heavy atom. The van der Waals surface area contributed by atoms with Crippen molar-refractivity contribution in [2.24, 2.45) is 0 Å². The lowest BCUT2D eigenvalue weighted by Crippen LogP contribution is -2.58. The molecular formula is C16H16F2N4O. The molecule has 2 aliphatic rings. The average molecular weight is 318 g/mol. The second kappa shape index (κ2) is 4.84. The zero-order valence-electron chi connectivity index (χ0n) is 12.7. The molecule has 7 heteroatoms. The van der Waals surface area contributed by atoms with Crippen LogP contribution in [0.3, 0.4) is 0 Å². The monoisotopic (exact) mass is 318 g/mol. The molecule has 1 aromatic heterocycles. The molecule has 0 spiro atoms. The molecule has 0 bridgehead atoms. The summed E-state index contributed by atoms with van der Waals surface area (Å²) < 4.78 is 27.6. The summed E-state index contributed by atoms with van der Waals surface area (Å²) in [4.78, 5) is 17.5. The van der Waals surface area contributed by atoms with Crippen LogP contribution in [0.2, 0.25) is 0 Å². The van der Waals surface area contributed by atoms with Gasteiger partial charge in [0, 0.05) is 6.42 Å². The van der Waals surface area contributed by atoms with Gasteiger partial charge in [0.15, 0.2) is 0 Å². The SMILES string of the molecule is Cc1ccccc1[C@@H]1CCc2nc(C(=O)N3CC(F)(F)C3)nn21. The zero-order valence-corrected chi connectivity index (χ0v) is 12.7. The molecule has 3 heterocycles. The number of aryl methyl sites for hydroxylation is 2. The highest BCUT2D eigenvalue weighted by Crippen LogP contribution is 2.33. The Bertz CT molecular complexity index is 778. The summed E-state index contributed by atoms with van der Waals surface area (Å²) in [7, 11) is 0. The quantitative estimate of drug-likeness (QED) is 0.853. The normalized spacial score (nSPS) is 21.9. The van der Waals surface area contributed by atoms with Crippen LogP contribution in [-0.2, 0) is 6.42 Å². The number of likely N-dealkylation sites (tertiary alicyclic amines) is 1. The van der Waals surface area contributed by atoms with Gasteiger partial charge >= 0.3 is 0 Å². The largest absolute Gasteiger partial charge is 0.324 e. The first-order chi connectivity index (χ1) is 10.9. The number of halogens is 2. The maximum atomic E-state index is 12.9. The third-order valence-electron chi connectivity index (χ3n) is 4.51. The average Bonchev–Trinajstić information content (AvgIpc) is 3.05. The summed E-state index contributed by atoms with van der Waals surface area (Å²) in [6, 6.07) is 8.10. The summed E-state index contributed by atoms with van der Waals surface area (Å²) in [6.07, 6.45) is 1.62. The van der Waals surface area contributed by atoms with Crippen LogP contribution in [0.5, 0.6) is 0 Å². The highest BCUT2D eigenvalue weighted by atomic mass is 19.3. The molecule has 1 amide bonds. The van der Waals surface area contributed by atoms with Gasteiger partial charge in [-0.2, -0.15) is 0 Å². The predicted molar refractivity (Wildman–Crippen MR) is 78.5 cm³/mol. The number of benzene rings is 1. The number of nitrogens with zero attached hydrogens (tertiary/aromatic N) is 4. The number of amides is 1. The minimum atomic E-state index is -2.78. The van der Waals surface area contributed by atoms with Gasteiger partial charge in [0.25, 0.3) is 11.8 Å². The van der Waals surface area contributed by atoms with E-state index in [-0.39, 0.29) is 11.9 Å². The van der Waals surface area contributed by atoms with Crippen LogP contribution >= 0.6 is 0 Å². The van der Waals surface area contributed by atoms with E-state index in [9.17, 15) is 13.6 Å². The van der Waals surface area contributed by atoms with E-state index >= 15 is 0 Å². The predicted octanol–water partition coefficient (Wildman–Crippen LogP) is 2.21. The first kappa shape index (κ1) is 14.3. The number of alkyl halides is 2. The van der Waals surface area contributed by atoms with Gasteiger partial charge in [-0.1, -0.05) is 24.3 Å². The third kappa shape index (κ3) is 2.31. The van der Waals surface area contributed by atoms with Crippen molar-refractivity contribution in [2.75, 3.05) is 13.1 Å². The highest BCUT2D eigenvalue weighted by molar-refractivity contribution is 5.91. The molecule has 0 saturated carbocycles. The number of fused-ring (bicyclic) bond motifs is 1. The van der Waals surface area contributed by atoms with E-state index in [0.29, 0.717) is 0 Å². The standard InChI is InChI=1S/C16H16F2N4O/c1-10-4-2-3-5-11(10)12-6-7-13-19-14(20-22(12)13)15(23)21-8-16(17,18)9-21/h2-5,12H,6-9H2,1H3/t12-/m0/s1. The van der Waals surface area contributed by atoms with Gasteiger partial charge in [-0.3, -0.25) is 4.79 Å². The summed E-state index contributed by atoms with van der Waals surface area (Å²) in [6.45, 7) is 0.951. The van der Waals surface area contributed by atoms with Crippen molar-refractivity contribution in [2.45, 2.75) is 31.7 Å². The zero-order chi connectivity index (χ0) is 16.2. The molecule has 1 fully saturated rings. The number of rotatable bonds is 2. The van der Waals surface area contributed by atoms with Gasteiger partial charge in [0.05, 0.1) is 19.1 Å². The van der Waals surface area contributed by atoms with Gasteiger partial charge in [-0.05, 0) is 24.5 Å². The van der Waals surface area contributed by atoms with Crippen LogP contribution in [-0.4, -0.2) is 44.6 Å². The van der Waals surface area contributed by atoms with Gasteiger partial charge in [0.1, 0.15) is 5.82 Å². The van der Waals surface area contributed by atoms with E-state index in [2.05, 4.69) is 10.1 Å². The van der Waals surface area contributed by atoms with Crippen LogP contribution in [0.4, 0.5) is 8.78 Å². The molecule has 1 atom stereocenters. The Labute approximate surface area is 131 Å². The number of hydrogen-bond donors (Lipinski definition) is 0. The highest BCUT2D eigenvalue weighted by Gasteiger charge is 2.47. The van der Waals surface area contributed by atoms with Gasteiger partial charge in [0.2, 0.25) is 5.82 Å². The molecule has 2 aliphatic heterocycles. The minimum Gasteiger partial charge on any atom is -0.324 e. The summed E-state index contributed by atoms with van der Waals surface area (Å²) in [5.41, 5.74) is 2.32. The van der Waals surface area contributed by atoms with Crippen LogP contribution < -0.4 is 0 Å². The summed E-state index contributed by atoms with van der Waals surface area (Å²) in [5.74, 6) is -2.52. The van der Waals surface area contributed by atoms with E-state index in [0.717, 1.165) is 34.7 Å². The molecule has 0 N–H and O–H groups in total. The first-order valence-corrected chi connectivity index (χ1v) is 7.63. The number of carbonyl (C=O) groups is 1. The smallest absolute Gasteiger partial charge is 0.293 e. The van der Waals surface area contributed by atoms with Gasteiger partial charge < -0.3 is 4.90 Å². The number of carbonyl (C=O) groups excluding carboxylic acids is 1. The molecular weight excluding hydrogens is 302 g/mol. The molecule has 0 aliphatic carbocycles. The fourth-order valence-electron chi connectivity index (χ4n) is 3.30. The topological polar surface area (TPSA) is 51.0 Å². The lowest BCUT2D eigenvalue weighted by Gasteiger charge is -2.37. The maximum absolute atomic E-state index is 12.9. The van der Waals surface area contributed by atoms with Gasteiger partial charge in [-0.25, -0.2) is 18.4 Å². The van der Waals surface area contributed by atoms with Crippen LogP contribution in [0.25, 0.3) is 0 Å². The molecule has 1 saturated heterocycles. The van der Waals surface area contributed by atoms with Crippen molar-refractivity contribution in [1.82, 2.24) is 19.7 Å². The molecule has 4 rings (SSSR count). The lowest BCUT2D eigenvalue weighted by atomic mass is 10.00. The number of aromatic nitrogens is 3. The van der Waals surface area contributed by atoms with Crippen LogP contribution in [0, 0.1) is 6.92 Å². The second-order valence-corrected chi connectivity index (χ2v) is 6.22. The fraction of sp³-hybridized carbons (Fsp3) is 0.438. The minimum absolute atomic E-state index is 0.0220. The van der Waals surface area contributed by atoms with Crippen LogP contribution in [0.15, 0.2) is 24.3 Å². The molecule has 1 aromatic carbocycles. The molecule has 0 radical (unpaired) electrons. The third-order valence-corrected chi connectivity index (χ3v) is 4.51. The Kier molecular flexibility index (Phi) is 3.01. The molecule has 5 nitrogen and oxygen atoms in total. The Balaban J connectivity index is 1.60. The van der Waals surface area contributed by atoms with Crippen molar-refractivity contribution in [3.8, 4) is 0 Å². The van der Waals surface area contributed by atoms with Crippen molar-refractivity contribution < 1.29 is 13.6 Å². The molecule has 23 heavy (non-hydrogen) atoms. The van der Waals surface area contributed by atoms with E-state index < -0.39 is 24.9 Å². The maximum Gasteiger partial charge on any atom is 0.293 e. The van der Waals surface area contributed by atoms with Crippen molar-refractivity contribution in [1.29, 1.82) is 0 Å². The fourth-order valence-corrected chi connectivity index (χ4v) is 3.30. The van der Waals surface area contributed by atoms with Crippen molar-refractivity contribution >= 4 is 5.91 Å².